The van der Waals surface area contributed by atoms with Gasteiger partial charge in [-0.1, -0.05) is 231 Å². The predicted molar refractivity (Wildman–Crippen MR) is 535 cm³/mol. The van der Waals surface area contributed by atoms with Crippen molar-refractivity contribution in [1.82, 2.24) is 34.7 Å². The average Bonchev–Trinajstić information content (AvgIpc) is 1.59. The van der Waals surface area contributed by atoms with Crippen LogP contribution in [0, 0.1) is 32.5 Å². The van der Waals surface area contributed by atoms with Crippen LogP contribution in [0.5, 0.6) is 0 Å². The molecule has 3 saturated heterocycles. The zero-order valence-electron chi connectivity index (χ0n) is 82.2. The van der Waals surface area contributed by atoms with Crippen LogP contribution in [-0.4, -0.2) is 192 Å². The summed E-state index contributed by atoms with van der Waals surface area (Å²) in [6.07, 6.45) is 12.2. The van der Waals surface area contributed by atoms with Crippen LogP contribution >= 0.6 is 69.6 Å². The maximum Gasteiger partial charge on any atom is 1.00 e. The van der Waals surface area contributed by atoms with Gasteiger partial charge in [0.25, 0.3) is 23.6 Å². The van der Waals surface area contributed by atoms with Gasteiger partial charge in [-0.2, -0.15) is 0 Å². The molecule has 720 valence electrons. The van der Waals surface area contributed by atoms with Gasteiger partial charge in [0.05, 0.1) is 41.8 Å². The Kier molecular flexibility index (Phi) is 38.8. The van der Waals surface area contributed by atoms with E-state index >= 15 is 0 Å². The maximum absolute atomic E-state index is 14.6. The molecule has 0 unspecified atom stereocenters. The fraction of sp³-hybridized carbons (Fsp3) is 0.562. The number of nitrogens with one attached hydrogen (secondary N) is 1. The van der Waals surface area contributed by atoms with Gasteiger partial charge < -0.3 is 55.1 Å². The van der Waals surface area contributed by atoms with Gasteiger partial charge in [0.1, 0.15) is 34.1 Å². The number of ether oxygens (including phenoxy) is 1. The molecule has 3 spiro atoms. The Bertz CT molecular complexity index is 5070. The van der Waals surface area contributed by atoms with E-state index in [0.29, 0.717) is 94.4 Å². The number of likely N-dealkylation sites (tertiary alicyclic amines) is 3. The number of carbonyl (C=O) groups is 7. The van der Waals surface area contributed by atoms with Gasteiger partial charge in [0.15, 0.2) is 0 Å². The zero-order valence-corrected chi connectivity index (χ0v) is 88.8. The smallest absolute Gasteiger partial charge is 0.870 e. The molecule has 3 atom stereocenters. The van der Waals surface area contributed by atoms with Gasteiger partial charge in [-0.3, -0.25) is 38.9 Å². The topological polar surface area (TPSA) is 268 Å². The van der Waals surface area contributed by atoms with Crippen LogP contribution in [0.1, 0.15) is 324 Å². The van der Waals surface area contributed by atoms with E-state index in [1.807, 2.05) is 77.1 Å². The van der Waals surface area contributed by atoms with E-state index in [4.69, 9.17) is 94.4 Å². The van der Waals surface area contributed by atoms with E-state index in [-0.39, 0.29) is 140 Å². The van der Waals surface area contributed by atoms with Crippen molar-refractivity contribution in [3.05, 3.63) is 208 Å². The number of aliphatic carboxylic acids is 1. The number of hydrogen-bond donors (Lipinski definition) is 3. The Hall–Kier alpha value is -6.80. The first kappa shape index (κ1) is 111. The van der Waals surface area contributed by atoms with Crippen LogP contribution in [0.15, 0.2) is 142 Å². The molecule has 0 radical (unpaired) electrons. The van der Waals surface area contributed by atoms with Crippen molar-refractivity contribution < 1.29 is 83.5 Å². The number of amides is 4. The summed E-state index contributed by atoms with van der Waals surface area (Å²) in [5.74, 6) is -3.00. The van der Waals surface area contributed by atoms with Crippen molar-refractivity contribution in [2.75, 3.05) is 65.4 Å². The number of benzene rings is 6. The average molecular weight is 1960 g/mol. The number of aliphatic imine (C=N–C) groups is 3. The number of carboxylic acids is 2. The van der Waals surface area contributed by atoms with Gasteiger partial charge >= 0.3 is 47.5 Å². The standard InChI is InChI=1S/C36H48Cl2N4O4.C36H49Cl2N3O3.C33H43Cl2N3O3.Na.H2O/c1-34(2,3)13-11-29(24-7-9-25(10-8-24)32(45)39-17-12-30(43)44)42-33(46)31(26-21-27(37)23-28(38)22-26)40-36(42)15-19-41(20-16-36)18-14-35(4,5)6;1-24(2)44-33(43)26-11-9-25(10-12-26)30(13-14-34(3,4)5)41-32(42)31(27-21-28(37)23-29(38)22-27)39-36(41)16-19-40(20-17-36)18-15-35(6,7)8;1-31(2,3)12-11-27(22-7-9-23(10-8-22)30(40)41)38-29(39)28(24-19-25(34)21-26(35)20-24)36-33(38)14-17-37(18-15-33)16-13-32(4,5)6;;/h7-10,21-23,29H,11-20H2,1-6H3,(H,39,45)(H,43,44);9-12,21-24,30H,13-20H2,1-8H3;7-10,19-21,27H,11-18H2,1-6H3,(H,40,41);;1H2/q;;;+1;/p-1/t29-;30-;27-;;/m111../s1. The Morgan fingerprint density at radius 1 is 0.391 bits per heavy atom. The van der Waals surface area contributed by atoms with Crippen molar-refractivity contribution in [3.8, 4) is 0 Å². The number of rotatable bonds is 28. The number of piperidine rings is 3. The third-order valence-corrected chi connectivity index (χ3v) is 26.8. The SMILES string of the molecule is CC(C)(C)CC[C@H](c1ccc(C(=O)NCCC(=O)O)cc1)N1C(=O)C(c2cc(Cl)cc(Cl)c2)=NC12CCN(CCC(C)(C)C)CC2.CC(C)(C)CC[C@H](c1ccc(C(=O)O)cc1)N1C(=O)C(c2cc(Cl)cc(Cl)c2)=NC12CCN(CCC(C)(C)C)CC2.CC(C)OC(=O)c1ccc([C@@H](CCC(C)(C)C)N2C(=O)C(c3cc(Cl)cc(Cl)c3)=NC23CCN(CCC(C)(C)C)CC3)cc1.[Na+].[OH-]. The van der Waals surface area contributed by atoms with Crippen molar-refractivity contribution in [1.29, 1.82) is 0 Å². The second kappa shape index (κ2) is 46.3. The molecule has 4 N–H and O–H groups in total. The second-order valence-electron chi connectivity index (χ2n) is 44.2. The first-order valence-corrected chi connectivity index (χ1v) is 48.9. The molecule has 6 aliphatic rings. The van der Waals surface area contributed by atoms with Gasteiger partial charge in [0.2, 0.25) is 0 Å². The van der Waals surface area contributed by atoms with Gasteiger partial charge in [0, 0.05) is 137 Å². The summed E-state index contributed by atoms with van der Waals surface area (Å²) in [4.78, 5) is 121. The van der Waals surface area contributed by atoms with Gasteiger partial charge in [-0.05, 0) is 231 Å². The number of nitrogens with zero attached hydrogens (tertiary/aromatic N) is 9. The Labute approximate surface area is 842 Å². The van der Waals surface area contributed by atoms with E-state index in [0.717, 1.165) is 153 Å². The Morgan fingerprint density at radius 3 is 0.872 bits per heavy atom. The molecule has 0 saturated carbocycles. The molecule has 6 heterocycles. The molecular weight excluding hydrogens is 1810 g/mol. The largest absolute Gasteiger partial charge is 1.00 e. The summed E-state index contributed by atoms with van der Waals surface area (Å²) in [6.45, 7) is 52.0. The molecular formula is C105H141Cl6N10NaO11. The molecule has 133 heavy (non-hydrogen) atoms. The van der Waals surface area contributed by atoms with Crippen LogP contribution in [0.3, 0.4) is 0 Å². The van der Waals surface area contributed by atoms with Gasteiger partial charge in [-0.15, -0.1) is 0 Å². The first-order valence-electron chi connectivity index (χ1n) is 46.6. The molecule has 6 aromatic carbocycles. The predicted octanol–water partition coefficient (Wildman–Crippen LogP) is 21.6. The summed E-state index contributed by atoms with van der Waals surface area (Å²) in [6, 6.07) is 36.6. The third kappa shape index (κ3) is 31.4. The van der Waals surface area contributed by atoms with E-state index in [9.17, 15) is 38.7 Å². The summed E-state index contributed by atoms with van der Waals surface area (Å²) >= 11 is 38.3. The van der Waals surface area contributed by atoms with Crippen LogP contribution in [-0.2, 0) is 23.9 Å². The maximum atomic E-state index is 14.6. The monoisotopic (exact) mass is 1950 g/mol. The normalized spacial score (nSPS) is 17.9. The summed E-state index contributed by atoms with van der Waals surface area (Å²) in [7, 11) is 0. The summed E-state index contributed by atoms with van der Waals surface area (Å²) in [5.41, 5.74) is 5.82. The van der Waals surface area contributed by atoms with Crippen molar-refractivity contribution in [2.45, 2.75) is 282 Å². The molecule has 0 aromatic heterocycles. The minimum absolute atomic E-state index is 0. The Balaban J connectivity index is 0.000000244. The van der Waals surface area contributed by atoms with Gasteiger partial charge in [-0.25, -0.2) is 9.59 Å². The van der Waals surface area contributed by atoms with Crippen molar-refractivity contribution in [3.63, 3.8) is 0 Å². The number of aromatic carboxylic acids is 1. The first-order chi connectivity index (χ1) is 61.0. The van der Waals surface area contributed by atoms with Crippen molar-refractivity contribution in [2.24, 2.45) is 47.5 Å². The van der Waals surface area contributed by atoms with Crippen molar-refractivity contribution >= 4 is 128 Å². The van der Waals surface area contributed by atoms with E-state index in [1.165, 1.54) is 0 Å². The van der Waals surface area contributed by atoms with E-state index < -0.39 is 28.9 Å². The molecule has 3 fully saturated rings. The Morgan fingerprint density at radius 2 is 0.639 bits per heavy atom. The molecule has 28 heteroatoms. The number of hydrogen-bond acceptors (Lipinski definition) is 15. The molecule has 0 bridgehead atoms. The van der Waals surface area contributed by atoms with Crippen LogP contribution in [0.25, 0.3) is 0 Å². The van der Waals surface area contributed by atoms with Crippen LogP contribution in [0.4, 0.5) is 0 Å². The molecule has 4 amide bonds. The molecule has 12 rings (SSSR count). The minimum atomic E-state index is -0.970. The second-order valence-corrected chi connectivity index (χ2v) is 46.8. The van der Waals surface area contributed by atoms with E-state index in [1.54, 1.807) is 78.9 Å². The third-order valence-electron chi connectivity index (χ3n) is 25.5. The number of carboxylic acid groups (broad SMARTS) is 2. The summed E-state index contributed by atoms with van der Waals surface area (Å²) < 4.78 is 5.42. The molecule has 6 aliphatic heterocycles. The molecule has 6 aromatic rings. The fourth-order valence-corrected chi connectivity index (χ4v) is 19.5. The minimum Gasteiger partial charge on any atom is -0.870 e. The number of halogens is 6. The molecule has 21 nitrogen and oxygen atoms in total. The quantitative estimate of drug-likeness (QED) is 0.0305. The number of esters is 1. The summed E-state index contributed by atoms with van der Waals surface area (Å²) in [5, 5.41) is 23.8. The van der Waals surface area contributed by atoms with Crippen LogP contribution in [0.2, 0.25) is 30.1 Å². The van der Waals surface area contributed by atoms with E-state index in [2.05, 4.69) is 145 Å². The van der Waals surface area contributed by atoms with Crippen LogP contribution < -0.4 is 34.9 Å². The molecule has 0 aliphatic carbocycles. The zero-order chi connectivity index (χ0) is 96.5. The number of carbonyl (C=O) groups excluding carboxylic acids is 5. The fourth-order valence-electron chi connectivity index (χ4n) is 18.0.